The van der Waals surface area contributed by atoms with E-state index in [1.165, 1.54) is 22.8 Å². The van der Waals surface area contributed by atoms with Crippen molar-refractivity contribution in [1.82, 2.24) is 4.98 Å². The van der Waals surface area contributed by atoms with E-state index < -0.39 is 0 Å². The van der Waals surface area contributed by atoms with Gasteiger partial charge in [0, 0.05) is 35.9 Å². The maximum Gasteiger partial charge on any atom is 0.319 e. The normalized spacial score (nSPS) is 11.7. The molecule has 0 fully saturated rings. The standard InChI is InChI=1S/C11H14N2O3S2/c1-8(10(14)16-3)17-18-11(15)13(2)9-4-6-12-7-5-9/h4-8H,1-3H3. The first-order valence-electron chi connectivity index (χ1n) is 5.15. The third-order valence-electron chi connectivity index (χ3n) is 2.12. The van der Waals surface area contributed by atoms with Gasteiger partial charge < -0.3 is 9.64 Å². The maximum absolute atomic E-state index is 11.9. The van der Waals surface area contributed by atoms with Crippen LogP contribution in [0.3, 0.4) is 0 Å². The zero-order valence-electron chi connectivity index (χ0n) is 10.3. The second-order valence-electron chi connectivity index (χ2n) is 3.38. The molecule has 0 saturated heterocycles. The Kier molecular flexibility index (Phi) is 6.00. The Labute approximate surface area is 114 Å². The van der Waals surface area contributed by atoms with Gasteiger partial charge in [-0.25, -0.2) is 0 Å². The number of esters is 1. The van der Waals surface area contributed by atoms with Gasteiger partial charge in [-0.1, -0.05) is 10.8 Å². The molecule has 1 amide bonds. The van der Waals surface area contributed by atoms with Gasteiger partial charge in [0.1, 0.15) is 5.25 Å². The van der Waals surface area contributed by atoms with Crippen LogP contribution < -0.4 is 4.90 Å². The molecule has 0 aliphatic carbocycles. The highest BCUT2D eigenvalue weighted by Crippen LogP contribution is 2.30. The van der Waals surface area contributed by atoms with Crippen LogP contribution in [0.4, 0.5) is 10.5 Å². The minimum Gasteiger partial charge on any atom is -0.468 e. The Morgan fingerprint density at radius 2 is 2.00 bits per heavy atom. The summed E-state index contributed by atoms with van der Waals surface area (Å²) < 4.78 is 4.58. The van der Waals surface area contributed by atoms with Crippen LogP contribution in [0, 0.1) is 0 Å². The summed E-state index contributed by atoms with van der Waals surface area (Å²) in [6.07, 6.45) is 3.24. The van der Waals surface area contributed by atoms with Crippen LogP contribution in [-0.2, 0) is 9.53 Å². The van der Waals surface area contributed by atoms with Crippen molar-refractivity contribution in [3.05, 3.63) is 24.5 Å². The highest BCUT2D eigenvalue weighted by molar-refractivity contribution is 8.82. The lowest BCUT2D eigenvalue weighted by molar-refractivity contribution is -0.139. The number of ether oxygens (including phenoxy) is 1. The second-order valence-corrected chi connectivity index (χ2v) is 5.87. The fraction of sp³-hybridized carbons (Fsp3) is 0.364. The summed E-state index contributed by atoms with van der Waals surface area (Å²) in [4.78, 5) is 28.4. The number of hydrogen-bond donors (Lipinski definition) is 0. The lowest BCUT2D eigenvalue weighted by Crippen LogP contribution is -2.22. The number of methoxy groups -OCH3 is 1. The van der Waals surface area contributed by atoms with Crippen LogP contribution >= 0.6 is 21.6 Å². The number of aromatic nitrogens is 1. The van der Waals surface area contributed by atoms with Gasteiger partial charge in [0.25, 0.3) is 5.24 Å². The van der Waals surface area contributed by atoms with Crippen molar-refractivity contribution < 1.29 is 14.3 Å². The molecule has 0 aliphatic rings. The Morgan fingerprint density at radius 3 is 2.56 bits per heavy atom. The molecule has 0 bridgehead atoms. The summed E-state index contributed by atoms with van der Waals surface area (Å²) in [5.74, 6) is -0.341. The van der Waals surface area contributed by atoms with E-state index in [2.05, 4.69) is 9.72 Å². The largest absolute Gasteiger partial charge is 0.468 e. The lowest BCUT2D eigenvalue weighted by atomic mass is 10.4. The maximum atomic E-state index is 11.9. The Hall–Kier alpha value is -1.21. The summed E-state index contributed by atoms with van der Waals surface area (Å²) in [6, 6.07) is 3.49. The summed E-state index contributed by atoms with van der Waals surface area (Å²) in [7, 11) is 5.19. The Balaban J connectivity index is 2.49. The molecule has 1 aromatic heterocycles. The zero-order valence-corrected chi connectivity index (χ0v) is 12.0. The predicted molar refractivity (Wildman–Crippen MR) is 74.7 cm³/mol. The average Bonchev–Trinajstić information content (AvgIpc) is 2.43. The minimum atomic E-state index is -0.380. The fourth-order valence-corrected chi connectivity index (χ4v) is 2.92. The van der Waals surface area contributed by atoms with Gasteiger partial charge in [-0.3, -0.25) is 14.6 Å². The number of carbonyl (C=O) groups is 2. The van der Waals surface area contributed by atoms with E-state index in [1.54, 1.807) is 38.5 Å². The molecule has 1 atom stereocenters. The monoisotopic (exact) mass is 286 g/mol. The number of nitrogens with zero attached hydrogens (tertiary/aromatic N) is 2. The molecule has 0 N–H and O–H groups in total. The predicted octanol–water partition coefficient (Wildman–Crippen LogP) is 2.58. The molecule has 1 aromatic rings. The van der Waals surface area contributed by atoms with E-state index in [0.717, 1.165) is 16.5 Å². The van der Waals surface area contributed by atoms with Crippen LogP contribution in [0.15, 0.2) is 24.5 Å². The van der Waals surface area contributed by atoms with E-state index in [-0.39, 0.29) is 16.5 Å². The average molecular weight is 286 g/mol. The molecule has 0 saturated carbocycles. The molecule has 7 heteroatoms. The van der Waals surface area contributed by atoms with Crippen molar-refractivity contribution in [1.29, 1.82) is 0 Å². The highest BCUT2D eigenvalue weighted by atomic mass is 33.1. The number of amides is 1. The first-order chi connectivity index (χ1) is 8.56. The van der Waals surface area contributed by atoms with Crippen molar-refractivity contribution in [2.45, 2.75) is 12.2 Å². The molecule has 1 unspecified atom stereocenters. The van der Waals surface area contributed by atoms with Gasteiger partial charge in [0.2, 0.25) is 0 Å². The van der Waals surface area contributed by atoms with Gasteiger partial charge in [0.15, 0.2) is 0 Å². The lowest BCUT2D eigenvalue weighted by Gasteiger charge is -2.16. The fourth-order valence-electron chi connectivity index (χ4n) is 1.05. The SMILES string of the molecule is COC(=O)C(C)SSC(=O)N(C)c1ccncc1. The third-order valence-corrected chi connectivity index (χ3v) is 4.70. The summed E-state index contributed by atoms with van der Waals surface area (Å²) >= 11 is 0. The second kappa shape index (κ2) is 7.27. The highest BCUT2D eigenvalue weighted by Gasteiger charge is 2.18. The molecule has 0 radical (unpaired) electrons. The Morgan fingerprint density at radius 1 is 1.39 bits per heavy atom. The number of pyridine rings is 1. The van der Waals surface area contributed by atoms with Crippen molar-refractivity contribution >= 4 is 38.5 Å². The first kappa shape index (κ1) is 14.8. The number of anilines is 1. The minimum absolute atomic E-state index is 0.151. The first-order valence-corrected chi connectivity index (χ1v) is 7.36. The number of hydrogen-bond acceptors (Lipinski definition) is 6. The van der Waals surface area contributed by atoms with E-state index in [0.29, 0.717) is 0 Å². The molecular weight excluding hydrogens is 272 g/mol. The van der Waals surface area contributed by atoms with Crippen LogP contribution in [0.1, 0.15) is 6.92 Å². The smallest absolute Gasteiger partial charge is 0.319 e. The van der Waals surface area contributed by atoms with Gasteiger partial charge in [-0.05, 0) is 19.1 Å². The van der Waals surface area contributed by atoms with Crippen molar-refractivity contribution in [2.75, 3.05) is 19.1 Å². The van der Waals surface area contributed by atoms with E-state index in [1.807, 2.05) is 0 Å². The molecule has 5 nitrogen and oxygen atoms in total. The molecule has 1 heterocycles. The number of rotatable bonds is 4. The van der Waals surface area contributed by atoms with Gasteiger partial charge in [0.05, 0.1) is 7.11 Å². The molecule has 1 rings (SSSR count). The molecule has 98 valence electrons. The molecular formula is C11H14N2O3S2. The van der Waals surface area contributed by atoms with Gasteiger partial charge in [-0.2, -0.15) is 0 Å². The molecule has 0 aliphatic heterocycles. The Bertz CT molecular complexity index is 414. The quantitative estimate of drug-likeness (QED) is 0.626. The van der Waals surface area contributed by atoms with Crippen molar-refractivity contribution in [3.8, 4) is 0 Å². The molecule has 0 spiro atoms. The topological polar surface area (TPSA) is 59.5 Å². The van der Waals surface area contributed by atoms with Crippen LogP contribution in [0.2, 0.25) is 0 Å². The molecule has 18 heavy (non-hydrogen) atoms. The number of carbonyl (C=O) groups excluding carboxylic acids is 2. The van der Waals surface area contributed by atoms with E-state index in [4.69, 9.17) is 0 Å². The van der Waals surface area contributed by atoms with Crippen LogP contribution in [0.25, 0.3) is 0 Å². The van der Waals surface area contributed by atoms with Crippen molar-refractivity contribution in [2.24, 2.45) is 0 Å². The summed E-state index contributed by atoms with van der Waals surface area (Å²) in [6.45, 7) is 1.70. The van der Waals surface area contributed by atoms with E-state index in [9.17, 15) is 9.59 Å². The van der Waals surface area contributed by atoms with Gasteiger partial charge in [-0.15, -0.1) is 0 Å². The summed E-state index contributed by atoms with van der Waals surface area (Å²) in [5.41, 5.74) is 0.758. The molecule has 0 aromatic carbocycles. The van der Waals surface area contributed by atoms with Crippen LogP contribution in [-0.4, -0.2) is 35.6 Å². The van der Waals surface area contributed by atoms with Crippen molar-refractivity contribution in [3.63, 3.8) is 0 Å². The summed E-state index contributed by atoms with van der Waals surface area (Å²) in [5, 5.41) is -0.531. The van der Waals surface area contributed by atoms with E-state index >= 15 is 0 Å². The third kappa shape index (κ3) is 4.23. The zero-order chi connectivity index (χ0) is 13.5. The van der Waals surface area contributed by atoms with Gasteiger partial charge >= 0.3 is 5.97 Å². The van der Waals surface area contributed by atoms with Crippen LogP contribution in [0.5, 0.6) is 0 Å².